The third kappa shape index (κ3) is 3.66. The molecule has 0 aromatic heterocycles. The van der Waals surface area contributed by atoms with E-state index in [9.17, 15) is 9.00 Å². The summed E-state index contributed by atoms with van der Waals surface area (Å²) in [6.07, 6.45) is 1.45. The summed E-state index contributed by atoms with van der Waals surface area (Å²) in [7, 11) is -2.72. The molecule has 2 aromatic carbocycles. The number of para-hydroxylation sites is 1. The Morgan fingerprint density at radius 1 is 1.00 bits per heavy atom. The first-order valence-corrected chi connectivity index (χ1v) is 7.63. The second-order valence-electron chi connectivity index (χ2n) is 4.00. The second-order valence-corrected chi connectivity index (χ2v) is 6.26. The monoisotopic (exact) mass is 274 g/mol. The Labute approximate surface area is 112 Å². The molecule has 0 bridgehead atoms. The lowest BCUT2D eigenvalue weighted by atomic mass is 10.3. The highest BCUT2D eigenvalue weighted by Gasteiger charge is 2.08. The average molecular weight is 274 g/mol. The molecule has 0 saturated heterocycles. The van der Waals surface area contributed by atoms with Crippen LogP contribution in [0.2, 0.25) is 0 Å². The van der Waals surface area contributed by atoms with Crippen LogP contribution in [0.5, 0.6) is 0 Å². The predicted octanol–water partition coefficient (Wildman–Crippen LogP) is 3.38. The number of benzene rings is 2. The van der Waals surface area contributed by atoms with Crippen molar-refractivity contribution < 1.29 is 9.00 Å². The molecule has 0 heterocycles. The summed E-state index contributed by atoms with van der Waals surface area (Å²) >= 11 is 0. The van der Waals surface area contributed by atoms with Crippen LogP contribution in [-0.2, 0) is 9.73 Å². The molecule has 2 aromatic rings. The number of anilines is 1. The highest BCUT2D eigenvalue weighted by molar-refractivity contribution is 7.93. The predicted molar refractivity (Wildman–Crippen MR) is 76.7 cm³/mol. The Balaban J connectivity index is 2.21. The Morgan fingerprint density at radius 2 is 1.53 bits per heavy atom. The van der Waals surface area contributed by atoms with E-state index in [1.54, 1.807) is 48.5 Å². The number of hydrogen-bond acceptors (Lipinski definition) is 2. The van der Waals surface area contributed by atoms with E-state index in [2.05, 4.69) is 9.68 Å². The van der Waals surface area contributed by atoms with Crippen LogP contribution in [0.25, 0.3) is 0 Å². The first-order chi connectivity index (χ1) is 9.08. The van der Waals surface area contributed by atoms with Crippen LogP contribution in [-0.4, -0.2) is 16.5 Å². The summed E-state index contributed by atoms with van der Waals surface area (Å²) in [5.74, 6) is 0. The fourth-order valence-corrected chi connectivity index (χ4v) is 2.68. The van der Waals surface area contributed by atoms with Gasteiger partial charge in [0.05, 0.1) is 9.73 Å². The average Bonchev–Trinajstić information content (AvgIpc) is 2.40. The summed E-state index contributed by atoms with van der Waals surface area (Å²) in [5, 5.41) is 2.58. The first kappa shape index (κ1) is 13.3. The molecule has 0 saturated carbocycles. The maximum absolute atomic E-state index is 12.4. The van der Waals surface area contributed by atoms with Gasteiger partial charge >= 0.3 is 6.03 Å². The van der Waals surface area contributed by atoms with Crippen molar-refractivity contribution in [3.8, 4) is 0 Å². The molecule has 2 amide bonds. The minimum Gasteiger partial charge on any atom is -0.306 e. The van der Waals surface area contributed by atoms with Crippen LogP contribution in [0.1, 0.15) is 0 Å². The van der Waals surface area contributed by atoms with Gasteiger partial charge in [0.15, 0.2) is 0 Å². The van der Waals surface area contributed by atoms with Gasteiger partial charge in [0, 0.05) is 16.8 Å². The SMILES string of the molecule is CS(=O)(=NC(=O)Nc1ccccc1)c1ccccc1. The van der Waals surface area contributed by atoms with E-state index in [1.807, 2.05) is 12.1 Å². The van der Waals surface area contributed by atoms with Gasteiger partial charge in [-0.1, -0.05) is 36.4 Å². The van der Waals surface area contributed by atoms with Crippen molar-refractivity contribution in [2.75, 3.05) is 11.6 Å². The van der Waals surface area contributed by atoms with E-state index in [0.717, 1.165) is 0 Å². The van der Waals surface area contributed by atoms with E-state index in [0.29, 0.717) is 10.6 Å². The van der Waals surface area contributed by atoms with Crippen LogP contribution in [0.4, 0.5) is 10.5 Å². The Morgan fingerprint density at radius 3 is 2.11 bits per heavy atom. The second kappa shape index (κ2) is 5.67. The van der Waals surface area contributed by atoms with Gasteiger partial charge < -0.3 is 5.32 Å². The van der Waals surface area contributed by atoms with Gasteiger partial charge in [-0.05, 0) is 24.3 Å². The van der Waals surface area contributed by atoms with Crippen LogP contribution in [0.3, 0.4) is 0 Å². The maximum Gasteiger partial charge on any atom is 0.353 e. The van der Waals surface area contributed by atoms with Gasteiger partial charge in [-0.25, -0.2) is 9.00 Å². The number of nitrogens with zero attached hydrogens (tertiary/aromatic N) is 1. The lowest BCUT2D eigenvalue weighted by molar-refractivity contribution is 0.260. The number of nitrogens with one attached hydrogen (secondary N) is 1. The van der Waals surface area contributed by atoms with Crippen LogP contribution in [0, 0.1) is 0 Å². The van der Waals surface area contributed by atoms with Gasteiger partial charge in [0.2, 0.25) is 0 Å². The molecule has 0 radical (unpaired) electrons. The van der Waals surface area contributed by atoms with Crippen molar-refractivity contribution in [3.63, 3.8) is 0 Å². The van der Waals surface area contributed by atoms with Crippen molar-refractivity contribution in [2.45, 2.75) is 4.90 Å². The quantitative estimate of drug-likeness (QED) is 0.912. The normalized spacial score (nSPS) is 13.3. The third-order valence-electron chi connectivity index (χ3n) is 2.46. The number of urea groups is 1. The highest BCUT2D eigenvalue weighted by Crippen LogP contribution is 2.12. The van der Waals surface area contributed by atoms with Crippen molar-refractivity contribution in [3.05, 3.63) is 60.7 Å². The summed E-state index contributed by atoms with van der Waals surface area (Å²) < 4.78 is 16.1. The zero-order valence-corrected chi connectivity index (χ0v) is 11.3. The number of amides is 2. The highest BCUT2D eigenvalue weighted by atomic mass is 32.2. The fraction of sp³-hybridized carbons (Fsp3) is 0.0714. The number of hydrogen-bond donors (Lipinski definition) is 1. The summed E-state index contributed by atoms with van der Waals surface area (Å²) in [6, 6.07) is 17.1. The minimum absolute atomic E-state index is 0.540. The summed E-state index contributed by atoms with van der Waals surface area (Å²) in [5.41, 5.74) is 0.625. The molecule has 5 heteroatoms. The van der Waals surface area contributed by atoms with Crippen molar-refractivity contribution in [1.82, 2.24) is 0 Å². The van der Waals surface area contributed by atoms with Crippen molar-refractivity contribution in [2.24, 2.45) is 4.36 Å². The molecule has 0 spiro atoms. The molecule has 0 aliphatic heterocycles. The Hall–Kier alpha value is -2.14. The van der Waals surface area contributed by atoms with Crippen molar-refractivity contribution >= 4 is 21.4 Å². The molecule has 1 N–H and O–H groups in total. The van der Waals surface area contributed by atoms with Gasteiger partial charge in [-0.3, -0.25) is 0 Å². The molecule has 1 unspecified atom stereocenters. The maximum atomic E-state index is 12.4. The molecular formula is C14H14N2O2S. The van der Waals surface area contributed by atoms with E-state index in [-0.39, 0.29) is 0 Å². The van der Waals surface area contributed by atoms with Crippen LogP contribution in [0.15, 0.2) is 69.9 Å². The molecule has 4 nitrogen and oxygen atoms in total. The summed E-state index contributed by atoms with van der Waals surface area (Å²) in [6.45, 7) is 0. The molecular weight excluding hydrogens is 260 g/mol. The molecule has 19 heavy (non-hydrogen) atoms. The zero-order valence-electron chi connectivity index (χ0n) is 10.4. The number of rotatable bonds is 2. The van der Waals surface area contributed by atoms with E-state index >= 15 is 0 Å². The zero-order chi connectivity index (χ0) is 13.7. The van der Waals surface area contributed by atoms with E-state index in [4.69, 9.17) is 0 Å². The smallest absolute Gasteiger partial charge is 0.306 e. The standard InChI is InChI=1S/C14H14N2O2S/c1-19(18,13-10-6-3-7-11-13)16-14(17)15-12-8-4-2-5-9-12/h2-11H,1H3,(H,15,17). The molecule has 1 atom stereocenters. The molecule has 0 fully saturated rings. The fourth-order valence-electron chi connectivity index (χ4n) is 1.55. The van der Waals surface area contributed by atoms with Crippen LogP contribution < -0.4 is 5.32 Å². The van der Waals surface area contributed by atoms with Gasteiger partial charge in [-0.15, -0.1) is 4.36 Å². The van der Waals surface area contributed by atoms with Gasteiger partial charge in [-0.2, -0.15) is 0 Å². The largest absolute Gasteiger partial charge is 0.353 e. The van der Waals surface area contributed by atoms with Gasteiger partial charge in [0.25, 0.3) is 0 Å². The Kier molecular flexibility index (Phi) is 3.97. The molecule has 0 aliphatic rings. The van der Waals surface area contributed by atoms with Gasteiger partial charge in [0.1, 0.15) is 0 Å². The number of carbonyl (C=O) groups is 1. The number of carbonyl (C=O) groups excluding carboxylic acids is 1. The van der Waals surface area contributed by atoms with Crippen LogP contribution >= 0.6 is 0 Å². The van der Waals surface area contributed by atoms with E-state index in [1.165, 1.54) is 6.26 Å². The molecule has 2 rings (SSSR count). The topological polar surface area (TPSA) is 58.5 Å². The lowest BCUT2D eigenvalue weighted by Crippen LogP contribution is -2.10. The molecule has 98 valence electrons. The summed E-state index contributed by atoms with van der Waals surface area (Å²) in [4.78, 5) is 12.3. The van der Waals surface area contributed by atoms with Crippen molar-refractivity contribution in [1.29, 1.82) is 0 Å². The minimum atomic E-state index is -2.72. The van der Waals surface area contributed by atoms with E-state index < -0.39 is 15.8 Å². The Bertz CT molecular complexity index is 675. The lowest BCUT2D eigenvalue weighted by Gasteiger charge is -2.05. The molecule has 0 aliphatic carbocycles. The third-order valence-corrected chi connectivity index (χ3v) is 4.12. The first-order valence-electron chi connectivity index (χ1n) is 5.71.